The van der Waals surface area contributed by atoms with Gasteiger partial charge in [-0.05, 0) is 148 Å². The Labute approximate surface area is 293 Å². The van der Waals surface area contributed by atoms with Crippen molar-refractivity contribution >= 4 is 12.4 Å². The Morgan fingerprint density at radius 1 is 0.426 bits per heavy atom. The van der Waals surface area contributed by atoms with Crippen LogP contribution in [0.4, 0.5) is 0 Å². The van der Waals surface area contributed by atoms with Crippen molar-refractivity contribution in [1.29, 1.82) is 0 Å². The lowest BCUT2D eigenvalue weighted by atomic mass is 9.93. The van der Waals surface area contributed by atoms with Gasteiger partial charge in [0, 0.05) is 13.1 Å². The molecule has 0 spiro atoms. The predicted octanol–water partition coefficient (Wildman–Crippen LogP) is 6.85. The van der Waals surface area contributed by atoms with Gasteiger partial charge in [0.2, 0.25) is 0 Å². The summed E-state index contributed by atoms with van der Waals surface area (Å²) in [4.78, 5) is 0. The van der Waals surface area contributed by atoms with Gasteiger partial charge in [0.15, 0.2) is 0 Å². The Kier molecular flexibility index (Phi) is 22.3. The number of benzene rings is 3. The molecule has 0 atom stereocenters. The summed E-state index contributed by atoms with van der Waals surface area (Å²) in [6.07, 6.45) is 4.65. The summed E-state index contributed by atoms with van der Waals surface area (Å²) in [5, 5.41) is 21.4. The van der Waals surface area contributed by atoms with E-state index in [1.165, 1.54) is 46.2 Å². The van der Waals surface area contributed by atoms with Crippen LogP contribution in [0.15, 0.2) is 72.8 Å². The van der Waals surface area contributed by atoms with Crippen LogP contribution in [-0.4, -0.2) is 65.4 Å². The van der Waals surface area contributed by atoms with Crippen LogP contribution in [-0.2, 0) is 13.1 Å². The molecule has 7 heteroatoms. The first-order valence-corrected chi connectivity index (χ1v) is 18.0. The number of nitrogens with one attached hydrogen (secondary N) is 6. The van der Waals surface area contributed by atoms with Crippen LogP contribution >= 0.6 is 12.4 Å². The van der Waals surface area contributed by atoms with E-state index in [0.29, 0.717) is 0 Å². The molecular formula is C40H65ClN6. The van der Waals surface area contributed by atoms with Gasteiger partial charge in [-0.3, -0.25) is 0 Å². The summed E-state index contributed by atoms with van der Waals surface area (Å²) in [6.45, 7) is 21.5. The Morgan fingerprint density at radius 3 is 1.17 bits per heavy atom. The van der Waals surface area contributed by atoms with Crippen molar-refractivity contribution in [1.82, 2.24) is 31.9 Å². The summed E-state index contributed by atoms with van der Waals surface area (Å²) in [5.74, 6) is 1.44. The van der Waals surface area contributed by atoms with Crippen LogP contribution in [0.2, 0.25) is 0 Å². The van der Waals surface area contributed by atoms with Crippen molar-refractivity contribution < 1.29 is 0 Å². The second-order valence-electron chi connectivity index (χ2n) is 13.4. The molecule has 6 nitrogen and oxygen atoms in total. The number of hydrogen-bond donors (Lipinski definition) is 6. The zero-order valence-corrected chi connectivity index (χ0v) is 30.6. The van der Waals surface area contributed by atoms with E-state index in [2.05, 4.69) is 132 Å². The maximum atomic E-state index is 3.64. The third-order valence-corrected chi connectivity index (χ3v) is 7.99. The predicted molar refractivity (Wildman–Crippen MR) is 208 cm³/mol. The van der Waals surface area contributed by atoms with Gasteiger partial charge >= 0.3 is 0 Å². The summed E-state index contributed by atoms with van der Waals surface area (Å²) >= 11 is 0. The van der Waals surface area contributed by atoms with E-state index >= 15 is 0 Å². The first-order valence-electron chi connectivity index (χ1n) is 18.0. The third kappa shape index (κ3) is 18.2. The normalized spacial score (nSPS) is 11.4. The fourth-order valence-corrected chi connectivity index (χ4v) is 5.53. The number of halogens is 1. The van der Waals surface area contributed by atoms with E-state index < -0.39 is 0 Å². The van der Waals surface area contributed by atoms with Gasteiger partial charge in [-0.15, -0.1) is 12.4 Å². The molecule has 3 rings (SSSR count). The first-order chi connectivity index (χ1) is 22.5. The molecule has 0 radical (unpaired) electrons. The first kappa shape index (κ1) is 40.9. The molecule has 0 aliphatic carbocycles. The molecule has 0 unspecified atom stereocenters. The maximum Gasteiger partial charge on any atom is 0.0205 e. The lowest BCUT2D eigenvalue weighted by Crippen LogP contribution is -2.26. The third-order valence-electron chi connectivity index (χ3n) is 7.99. The monoisotopic (exact) mass is 664 g/mol. The Hall–Kier alpha value is -2.29. The van der Waals surface area contributed by atoms with E-state index in [1.807, 2.05) is 0 Å². The minimum Gasteiger partial charge on any atom is -0.317 e. The van der Waals surface area contributed by atoms with E-state index in [1.54, 1.807) is 0 Å². The smallest absolute Gasteiger partial charge is 0.0205 e. The lowest BCUT2D eigenvalue weighted by molar-refractivity contribution is 0.525. The van der Waals surface area contributed by atoms with Gasteiger partial charge < -0.3 is 31.9 Å². The van der Waals surface area contributed by atoms with Gasteiger partial charge in [0.1, 0.15) is 0 Å². The average Bonchev–Trinajstić information content (AvgIpc) is 3.06. The largest absolute Gasteiger partial charge is 0.317 e. The molecule has 47 heavy (non-hydrogen) atoms. The topological polar surface area (TPSA) is 72.2 Å². The van der Waals surface area contributed by atoms with E-state index in [4.69, 9.17) is 0 Å². The van der Waals surface area contributed by atoms with Crippen molar-refractivity contribution in [3.63, 3.8) is 0 Å². The van der Waals surface area contributed by atoms with Crippen molar-refractivity contribution in [3.8, 4) is 22.3 Å². The zero-order chi connectivity index (χ0) is 32.7. The van der Waals surface area contributed by atoms with E-state index in [9.17, 15) is 0 Å². The SMILES string of the molecule is CC(C)CNCCCNCCCNCc1cccc(-c2ccccc2-c2cccc(CNCCCNCCCNCC(C)C)c2)c1.Cl. The van der Waals surface area contributed by atoms with E-state index in [-0.39, 0.29) is 12.4 Å². The molecule has 3 aromatic rings. The molecule has 0 saturated carbocycles. The number of hydrogen-bond acceptors (Lipinski definition) is 6. The summed E-state index contributed by atoms with van der Waals surface area (Å²) in [5.41, 5.74) is 7.77. The average molecular weight is 665 g/mol. The molecular weight excluding hydrogens is 600 g/mol. The summed E-state index contributed by atoms with van der Waals surface area (Å²) in [6, 6.07) is 26.8. The van der Waals surface area contributed by atoms with Crippen LogP contribution < -0.4 is 31.9 Å². The molecule has 0 bridgehead atoms. The maximum absolute atomic E-state index is 3.64. The molecule has 262 valence electrons. The van der Waals surface area contributed by atoms with Gasteiger partial charge in [-0.1, -0.05) is 88.4 Å². The molecule has 0 aliphatic heterocycles. The molecule has 0 aromatic heterocycles. The van der Waals surface area contributed by atoms with Crippen molar-refractivity contribution in [2.45, 2.75) is 66.5 Å². The molecule has 0 aliphatic rings. The van der Waals surface area contributed by atoms with Crippen LogP contribution in [0, 0.1) is 11.8 Å². The number of rotatable bonds is 26. The van der Waals surface area contributed by atoms with E-state index in [0.717, 1.165) is 103 Å². The molecule has 0 saturated heterocycles. The Morgan fingerprint density at radius 2 is 0.787 bits per heavy atom. The van der Waals surface area contributed by atoms with Gasteiger partial charge in [-0.25, -0.2) is 0 Å². The Balaban J connectivity index is 0.00000768. The highest BCUT2D eigenvalue weighted by Crippen LogP contribution is 2.32. The highest BCUT2D eigenvalue weighted by Gasteiger charge is 2.09. The van der Waals surface area contributed by atoms with Crippen molar-refractivity contribution in [2.75, 3.05) is 65.4 Å². The van der Waals surface area contributed by atoms with Crippen molar-refractivity contribution in [3.05, 3.63) is 83.9 Å². The van der Waals surface area contributed by atoms with Gasteiger partial charge in [0.05, 0.1) is 0 Å². The summed E-state index contributed by atoms with van der Waals surface area (Å²) < 4.78 is 0. The Bertz CT molecular complexity index is 1110. The van der Waals surface area contributed by atoms with Crippen LogP contribution in [0.1, 0.15) is 64.5 Å². The summed E-state index contributed by atoms with van der Waals surface area (Å²) in [7, 11) is 0. The second kappa shape index (κ2) is 25.7. The van der Waals surface area contributed by atoms with Gasteiger partial charge in [-0.2, -0.15) is 0 Å². The van der Waals surface area contributed by atoms with Crippen molar-refractivity contribution in [2.24, 2.45) is 11.8 Å². The molecule has 3 aromatic carbocycles. The molecule has 0 amide bonds. The van der Waals surface area contributed by atoms with Gasteiger partial charge in [0.25, 0.3) is 0 Å². The van der Waals surface area contributed by atoms with Crippen LogP contribution in [0.25, 0.3) is 22.3 Å². The molecule has 0 heterocycles. The fraction of sp³-hybridized carbons (Fsp3) is 0.550. The lowest BCUT2D eigenvalue weighted by Gasteiger charge is -2.13. The molecule has 0 fully saturated rings. The quantitative estimate of drug-likeness (QED) is 0.0528. The zero-order valence-electron chi connectivity index (χ0n) is 29.8. The minimum absolute atomic E-state index is 0. The fourth-order valence-electron chi connectivity index (χ4n) is 5.53. The highest BCUT2D eigenvalue weighted by molar-refractivity contribution is 5.85. The van der Waals surface area contributed by atoms with Crippen LogP contribution in [0.5, 0.6) is 0 Å². The minimum atomic E-state index is 0. The van der Waals surface area contributed by atoms with Crippen LogP contribution in [0.3, 0.4) is 0 Å². The second-order valence-corrected chi connectivity index (χ2v) is 13.4. The standard InChI is InChI=1S/C40H64N6.ClH/c1-33(2)29-43-23-9-19-41-21-11-25-45-31-35-13-7-15-37(27-35)39-17-5-6-18-40(39)38-16-8-14-36(28-38)32-46-26-12-22-42-20-10-24-44-30-34(3)4;/h5-8,13-18,27-28,33-34,41-46H,9-12,19-26,29-32H2,1-4H3;1H. The highest BCUT2D eigenvalue weighted by atomic mass is 35.5. The molecule has 6 N–H and O–H groups in total.